The van der Waals surface area contributed by atoms with Gasteiger partial charge in [0.1, 0.15) is 0 Å². The van der Waals surface area contributed by atoms with Gasteiger partial charge < -0.3 is 23.5 Å². The van der Waals surface area contributed by atoms with Crippen LogP contribution in [0.25, 0.3) is 11.5 Å². The number of ether oxygens (including phenoxy) is 1. The van der Waals surface area contributed by atoms with Crippen molar-refractivity contribution in [2.24, 2.45) is 0 Å². The lowest BCUT2D eigenvalue weighted by Crippen LogP contribution is -2.53. The van der Waals surface area contributed by atoms with Crippen LogP contribution in [0, 0.1) is 0 Å². The average molecular weight is 359 g/mol. The fourth-order valence-electron chi connectivity index (χ4n) is 3.35. The Morgan fingerprint density at radius 3 is 2.54 bits per heavy atom. The van der Waals surface area contributed by atoms with Gasteiger partial charge in [-0.05, 0) is 31.9 Å². The van der Waals surface area contributed by atoms with Crippen molar-refractivity contribution in [1.82, 2.24) is 15.0 Å². The maximum Gasteiger partial charge on any atom is 0.409 e. The van der Waals surface area contributed by atoms with Crippen LogP contribution in [0.1, 0.15) is 25.5 Å². The molecule has 1 saturated heterocycles. The molecule has 0 aromatic carbocycles. The van der Waals surface area contributed by atoms with Crippen molar-refractivity contribution >= 4 is 12.0 Å². The highest BCUT2D eigenvalue weighted by molar-refractivity contribution is 5.91. The van der Waals surface area contributed by atoms with Gasteiger partial charge >= 0.3 is 6.09 Å². The smallest absolute Gasteiger partial charge is 0.409 e. The molecule has 3 heterocycles. The van der Waals surface area contributed by atoms with Crippen molar-refractivity contribution < 1.29 is 23.3 Å². The van der Waals surface area contributed by atoms with E-state index in [-0.39, 0.29) is 12.0 Å². The predicted molar refractivity (Wildman–Crippen MR) is 90.3 cm³/mol. The third-order valence-electron chi connectivity index (χ3n) is 5.02. The minimum atomic E-state index is -0.597. The van der Waals surface area contributed by atoms with Gasteiger partial charge in [0.05, 0.1) is 24.0 Å². The fraction of sp³-hybridized carbons (Fsp3) is 0.500. The van der Waals surface area contributed by atoms with Crippen LogP contribution in [0.4, 0.5) is 4.79 Å². The summed E-state index contributed by atoms with van der Waals surface area (Å²) in [4.78, 5) is 28.3. The molecule has 1 aliphatic heterocycles. The quantitative estimate of drug-likeness (QED) is 0.832. The molecule has 2 aliphatic rings. The normalized spacial score (nSPS) is 18.7. The van der Waals surface area contributed by atoms with Gasteiger partial charge in [-0.25, -0.2) is 4.79 Å². The summed E-state index contributed by atoms with van der Waals surface area (Å²) in [6.45, 7) is 4.10. The molecule has 8 heteroatoms. The van der Waals surface area contributed by atoms with Crippen LogP contribution < -0.4 is 0 Å². The molecule has 0 N–H and O–H groups in total. The van der Waals surface area contributed by atoms with Crippen LogP contribution in [-0.4, -0.2) is 59.7 Å². The standard InChI is InChI=1S/C18H21N3O5/c1-2-24-17(23)21-9-7-20(8-10-21)16(22)18(5-6-18)15-12-14(26-19-15)13-4-3-11-25-13/h3-4,11-12H,2,5-10H2,1H3. The van der Waals surface area contributed by atoms with Gasteiger partial charge in [-0.3, -0.25) is 4.79 Å². The number of piperazine rings is 1. The molecule has 0 radical (unpaired) electrons. The fourth-order valence-corrected chi connectivity index (χ4v) is 3.35. The van der Waals surface area contributed by atoms with Crippen LogP contribution in [-0.2, 0) is 14.9 Å². The van der Waals surface area contributed by atoms with Crippen LogP contribution in [0.5, 0.6) is 0 Å². The van der Waals surface area contributed by atoms with Crippen LogP contribution in [0.2, 0.25) is 0 Å². The zero-order valence-electron chi connectivity index (χ0n) is 14.6. The largest absolute Gasteiger partial charge is 0.461 e. The number of aromatic nitrogens is 1. The SMILES string of the molecule is CCOC(=O)N1CCN(C(=O)C2(c3cc(-c4ccco4)on3)CC2)CC1. The Bertz CT molecular complexity index is 786. The second-order valence-electron chi connectivity index (χ2n) is 6.61. The van der Waals surface area contributed by atoms with Gasteiger partial charge in [0, 0.05) is 32.2 Å². The molecule has 26 heavy (non-hydrogen) atoms. The van der Waals surface area contributed by atoms with Gasteiger partial charge in [0.25, 0.3) is 0 Å². The van der Waals surface area contributed by atoms with Crippen LogP contribution in [0.15, 0.2) is 33.4 Å². The molecular weight excluding hydrogens is 338 g/mol. The highest BCUT2D eigenvalue weighted by Crippen LogP contribution is 2.49. The number of rotatable bonds is 4. The number of furan rings is 1. The molecule has 2 aromatic heterocycles. The molecule has 2 fully saturated rings. The first-order chi connectivity index (χ1) is 12.6. The summed E-state index contributed by atoms with van der Waals surface area (Å²) in [6.07, 6.45) is 2.76. The molecule has 0 bridgehead atoms. The first-order valence-electron chi connectivity index (χ1n) is 8.86. The minimum Gasteiger partial charge on any atom is -0.461 e. The van der Waals surface area contributed by atoms with E-state index >= 15 is 0 Å². The molecule has 0 atom stereocenters. The second-order valence-corrected chi connectivity index (χ2v) is 6.61. The third kappa shape index (κ3) is 2.85. The topological polar surface area (TPSA) is 89.0 Å². The van der Waals surface area contributed by atoms with Crippen molar-refractivity contribution in [2.45, 2.75) is 25.2 Å². The van der Waals surface area contributed by atoms with Crippen molar-refractivity contribution in [2.75, 3.05) is 32.8 Å². The maximum absolute atomic E-state index is 13.1. The van der Waals surface area contributed by atoms with E-state index in [2.05, 4.69) is 5.16 Å². The van der Waals surface area contributed by atoms with E-state index in [1.807, 2.05) is 4.90 Å². The van der Waals surface area contributed by atoms with Gasteiger partial charge in [0.15, 0.2) is 5.76 Å². The van der Waals surface area contributed by atoms with E-state index in [0.717, 1.165) is 12.8 Å². The molecule has 1 saturated carbocycles. The van der Waals surface area contributed by atoms with E-state index in [4.69, 9.17) is 13.7 Å². The Morgan fingerprint density at radius 2 is 1.92 bits per heavy atom. The number of carbonyl (C=O) groups is 2. The molecule has 8 nitrogen and oxygen atoms in total. The molecule has 1 aliphatic carbocycles. The predicted octanol–water partition coefficient (Wildman–Crippen LogP) is 2.27. The monoisotopic (exact) mass is 359 g/mol. The lowest BCUT2D eigenvalue weighted by atomic mass is 9.99. The highest BCUT2D eigenvalue weighted by atomic mass is 16.6. The van der Waals surface area contributed by atoms with Gasteiger partial charge in [-0.2, -0.15) is 0 Å². The summed E-state index contributed by atoms with van der Waals surface area (Å²) in [5.41, 5.74) is 0.0576. The Balaban J connectivity index is 1.43. The summed E-state index contributed by atoms with van der Waals surface area (Å²) in [5, 5.41) is 4.12. The zero-order valence-corrected chi connectivity index (χ0v) is 14.6. The molecule has 2 amide bonds. The minimum absolute atomic E-state index is 0.0558. The highest BCUT2D eigenvalue weighted by Gasteiger charge is 2.55. The van der Waals surface area contributed by atoms with E-state index in [9.17, 15) is 9.59 Å². The summed E-state index contributed by atoms with van der Waals surface area (Å²) in [5.74, 6) is 1.17. The molecule has 138 valence electrons. The Hall–Kier alpha value is -2.77. The van der Waals surface area contributed by atoms with E-state index < -0.39 is 5.41 Å². The number of hydrogen-bond acceptors (Lipinski definition) is 6. The number of amides is 2. The third-order valence-corrected chi connectivity index (χ3v) is 5.02. The first-order valence-corrected chi connectivity index (χ1v) is 8.86. The number of carbonyl (C=O) groups excluding carboxylic acids is 2. The van der Waals surface area contributed by atoms with Crippen LogP contribution >= 0.6 is 0 Å². The second kappa shape index (κ2) is 6.51. The van der Waals surface area contributed by atoms with E-state index in [1.165, 1.54) is 0 Å². The van der Waals surface area contributed by atoms with Crippen LogP contribution in [0.3, 0.4) is 0 Å². The summed E-state index contributed by atoms with van der Waals surface area (Å²) < 4.78 is 15.7. The van der Waals surface area contributed by atoms with Crippen molar-refractivity contribution in [1.29, 1.82) is 0 Å². The van der Waals surface area contributed by atoms with E-state index in [1.54, 1.807) is 36.3 Å². The number of nitrogens with zero attached hydrogens (tertiary/aromatic N) is 3. The lowest BCUT2D eigenvalue weighted by Gasteiger charge is -2.35. The zero-order chi connectivity index (χ0) is 18.1. The van der Waals surface area contributed by atoms with Crippen molar-refractivity contribution in [3.63, 3.8) is 0 Å². The first kappa shape index (κ1) is 16.7. The van der Waals surface area contributed by atoms with Gasteiger partial charge in [-0.15, -0.1) is 0 Å². The Labute approximate surface area is 150 Å². The summed E-state index contributed by atoms with van der Waals surface area (Å²) in [7, 11) is 0. The average Bonchev–Trinajstić information content (AvgIpc) is 3.08. The molecule has 0 spiro atoms. The van der Waals surface area contributed by atoms with Gasteiger partial charge in [0.2, 0.25) is 11.7 Å². The maximum atomic E-state index is 13.1. The van der Waals surface area contributed by atoms with E-state index in [0.29, 0.717) is 50.0 Å². The summed E-state index contributed by atoms with van der Waals surface area (Å²) in [6, 6.07) is 5.36. The Kier molecular flexibility index (Phi) is 4.18. The lowest BCUT2D eigenvalue weighted by molar-refractivity contribution is -0.135. The molecule has 0 unspecified atom stereocenters. The molecule has 4 rings (SSSR count). The summed E-state index contributed by atoms with van der Waals surface area (Å²) >= 11 is 0. The van der Waals surface area contributed by atoms with Crippen molar-refractivity contribution in [3.8, 4) is 11.5 Å². The van der Waals surface area contributed by atoms with Crippen molar-refractivity contribution in [3.05, 3.63) is 30.2 Å². The Morgan fingerprint density at radius 1 is 1.19 bits per heavy atom. The molecule has 2 aromatic rings. The number of hydrogen-bond donors (Lipinski definition) is 0. The molecular formula is C18H21N3O5. The van der Waals surface area contributed by atoms with Gasteiger partial charge in [-0.1, -0.05) is 5.16 Å².